The number of rotatable bonds is 3. The number of carbonyl (C=O) groups excluding carboxylic acids is 2. The number of halogens is 1. The number of carbonyl (C=O) groups is 2. The summed E-state index contributed by atoms with van der Waals surface area (Å²) in [6.07, 6.45) is 1.32. The van der Waals surface area contributed by atoms with Crippen LogP contribution in [-0.4, -0.2) is 16.8 Å². The summed E-state index contributed by atoms with van der Waals surface area (Å²) < 4.78 is 0. The number of anilines is 1. The second-order valence-corrected chi connectivity index (χ2v) is 4.83. The van der Waals surface area contributed by atoms with Crippen LogP contribution in [0.1, 0.15) is 20.0 Å². The molecular formula is C11H8ClN3O2S. The van der Waals surface area contributed by atoms with Crippen LogP contribution in [-0.2, 0) is 0 Å². The van der Waals surface area contributed by atoms with Crippen molar-refractivity contribution in [3.8, 4) is 0 Å². The average Bonchev–Trinajstić information content (AvgIpc) is 2.77. The first kappa shape index (κ1) is 12.5. The van der Waals surface area contributed by atoms with Crippen molar-refractivity contribution in [2.24, 2.45) is 5.73 Å². The summed E-state index contributed by atoms with van der Waals surface area (Å²) in [4.78, 5) is 26.9. The van der Waals surface area contributed by atoms with E-state index in [9.17, 15) is 9.59 Å². The van der Waals surface area contributed by atoms with Crippen molar-refractivity contribution in [1.29, 1.82) is 0 Å². The van der Waals surface area contributed by atoms with E-state index in [-0.39, 0.29) is 10.8 Å². The molecule has 0 aliphatic rings. The molecule has 7 heteroatoms. The second-order valence-electron chi connectivity index (χ2n) is 3.36. The van der Waals surface area contributed by atoms with Crippen molar-refractivity contribution < 1.29 is 9.59 Å². The fourth-order valence-electron chi connectivity index (χ4n) is 1.24. The van der Waals surface area contributed by atoms with Gasteiger partial charge in [-0.05, 0) is 18.2 Å². The number of benzene rings is 1. The van der Waals surface area contributed by atoms with Gasteiger partial charge in [-0.2, -0.15) is 0 Å². The molecule has 0 fully saturated rings. The number of amides is 2. The Kier molecular flexibility index (Phi) is 3.59. The van der Waals surface area contributed by atoms with Crippen LogP contribution < -0.4 is 11.1 Å². The number of aromatic nitrogens is 1. The zero-order valence-electron chi connectivity index (χ0n) is 9.01. The summed E-state index contributed by atoms with van der Waals surface area (Å²) in [5, 5.41) is 3.35. The maximum atomic E-state index is 11.8. The van der Waals surface area contributed by atoms with Gasteiger partial charge in [0.05, 0.1) is 6.20 Å². The van der Waals surface area contributed by atoms with E-state index in [1.807, 2.05) is 0 Å². The van der Waals surface area contributed by atoms with Crippen LogP contribution in [0.5, 0.6) is 0 Å². The Hall–Kier alpha value is -1.92. The highest BCUT2D eigenvalue weighted by Crippen LogP contribution is 2.19. The lowest BCUT2D eigenvalue weighted by Gasteiger charge is -2.01. The van der Waals surface area contributed by atoms with Gasteiger partial charge in [0.15, 0.2) is 5.13 Å². The smallest absolute Gasteiger partial charge is 0.260 e. The zero-order valence-corrected chi connectivity index (χ0v) is 10.6. The predicted octanol–water partition coefficient (Wildman–Crippen LogP) is 2.15. The van der Waals surface area contributed by atoms with Gasteiger partial charge in [-0.25, -0.2) is 4.98 Å². The van der Waals surface area contributed by atoms with Gasteiger partial charge in [0.1, 0.15) is 4.88 Å². The number of nitrogens with zero attached hydrogens (tertiary/aromatic N) is 1. The van der Waals surface area contributed by atoms with E-state index in [0.29, 0.717) is 15.7 Å². The number of hydrogen-bond donors (Lipinski definition) is 2. The van der Waals surface area contributed by atoms with E-state index in [1.165, 1.54) is 6.20 Å². The van der Waals surface area contributed by atoms with Crippen molar-refractivity contribution in [2.75, 3.05) is 5.32 Å². The van der Waals surface area contributed by atoms with Gasteiger partial charge in [-0.1, -0.05) is 29.0 Å². The molecule has 0 radical (unpaired) electrons. The molecule has 18 heavy (non-hydrogen) atoms. The molecule has 0 aliphatic carbocycles. The lowest BCUT2D eigenvalue weighted by Crippen LogP contribution is -2.11. The summed E-state index contributed by atoms with van der Waals surface area (Å²) in [5.74, 6) is -0.918. The fourth-order valence-corrected chi connectivity index (χ4v) is 2.10. The molecule has 92 valence electrons. The molecule has 5 nitrogen and oxygen atoms in total. The summed E-state index contributed by atoms with van der Waals surface area (Å²) in [7, 11) is 0. The SMILES string of the molecule is NC(=O)c1cnc(NC(=O)c2cccc(Cl)c2)s1. The van der Waals surface area contributed by atoms with Crippen LogP contribution in [0.2, 0.25) is 5.02 Å². The first-order chi connectivity index (χ1) is 8.56. The molecule has 1 aromatic carbocycles. The molecule has 1 aromatic heterocycles. The normalized spacial score (nSPS) is 10.1. The van der Waals surface area contributed by atoms with Gasteiger partial charge in [0, 0.05) is 10.6 Å². The van der Waals surface area contributed by atoms with E-state index < -0.39 is 5.91 Å². The van der Waals surface area contributed by atoms with Crippen LogP contribution in [0.15, 0.2) is 30.5 Å². The maximum Gasteiger partial charge on any atom is 0.260 e. The Bertz CT molecular complexity index is 612. The van der Waals surface area contributed by atoms with Crippen molar-refractivity contribution in [3.05, 3.63) is 45.9 Å². The maximum absolute atomic E-state index is 11.8. The van der Waals surface area contributed by atoms with Gasteiger partial charge in [0.25, 0.3) is 11.8 Å². The van der Waals surface area contributed by atoms with Crippen LogP contribution in [0.4, 0.5) is 5.13 Å². The predicted molar refractivity (Wildman–Crippen MR) is 70.0 cm³/mol. The third kappa shape index (κ3) is 2.85. The van der Waals surface area contributed by atoms with E-state index in [1.54, 1.807) is 24.3 Å². The summed E-state index contributed by atoms with van der Waals surface area (Å²) in [6.45, 7) is 0. The third-order valence-electron chi connectivity index (χ3n) is 2.06. The number of primary amides is 1. The van der Waals surface area contributed by atoms with Gasteiger partial charge < -0.3 is 5.73 Å². The molecule has 0 saturated carbocycles. The topological polar surface area (TPSA) is 85.1 Å². The van der Waals surface area contributed by atoms with Crippen LogP contribution in [0.25, 0.3) is 0 Å². The minimum atomic E-state index is -0.573. The molecule has 2 rings (SSSR count). The van der Waals surface area contributed by atoms with Gasteiger partial charge in [0.2, 0.25) is 0 Å². The van der Waals surface area contributed by atoms with Gasteiger partial charge in [-0.15, -0.1) is 0 Å². The fraction of sp³-hybridized carbons (Fsp3) is 0. The first-order valence-electron chi connectivity index (χ1n) is 4.89. The number of nitrogens with two attached hydrogens (primary N) is 1. The monoisotopic (exact) mass is 281 g/mol. The molecule has 1 heterocycles. The van der Waals surface area contributed by atoms with Crippen molar-refractivity contribution >= 4 is 39.9 Å². The standard InChI is InChI=1S/C11H8ClN3O2S/c12-7-3-1-2-6(4-7)10(17)15-11-14-5-8(18-11)9(13)16/h1-5H,(H2,13,16)(H,14,15,17). The summed E-state index contributed by atoms with van der Waals surface area (Å²) >= 11 is 6.80. The molecule has 3 N–H and O–H groups in total. The number of nitrogens with one attached hydrogen (secondary N) is 1. The number of thiazole rings is 1. The highest BCUT2D eigenvalue weighted by atomic mass is 35.5. The van der Waals surface area contributed by atoms with E-state index in [4.69, 9.17) is 17.3 Å². The minimum absolute atomic E-state index is 0.288. The quantitative estimate of drug-likeness (QED) is 0.904. The van der Waals surface area contributed by atoms with Crippen LogP contribution >= 0.6 is 22.9 Å². The molecule has 0 saturated heterocycles. The Balaban J connectivity index is 2.13. The Labute approximate surface area is 112 Å². The Morgan fingerprint density at radius 1 is 1.39 bits per heavy atom. The highest BCUT2D eigenvalue weighted by molar-refractivity contribution is 7.17. The molecule has 2 amide bonds. The Morgan fingerprint density at radius 3 is 2.78 bits per heavy atom. The van der Waals surface area contributed by atoms with Crippen molar-refractivity contribution in [2.45, 2.75) is 0 Å². The zero-order chi connectivity index (χ0) is 13.1. The number of hydrogen-bond acceptors (Lipinski definition) is 4. The summed E-state index contributed by atoms with van der Waals surface area (Å²) in [5.41, 5.74) is 5.51. The molecular weight excluding hydrogens is 274 g/mol. The third-order valence-corrected chi connectivity index (χ3v) is 3.22. The van der Waals surface area contributed by atoms with Crippen LogP contribution in [0.3, 0.4) is 0 Å². The van der Waals surface area contributed by atoms with Gasteiger partial charge in [-0.3, -0.25) is 14.9 Å². The molecule has 0 atom stereocenters. The lowest BCUT2D eigenvalue weighted by molar-refractivity contribution is 0.100. The molecule has 2 aromatic rings. The van der Waals surface area contributed by atoms with Crippen LogP contribution in [0, 0.1) is 0 Å². The average molecular weight is 282 g/mol. The van der Waals surface area contributed by atoms with E-state index >= 15 is 0 Å². The first-order valence-corrected chi connectivity index (χ1v) is 6.08. The van der Waals surface area contributed by atoms with E-state index in [2.05, 4.69) is 10.3 Å². The highest BCUT2D eigenvalue weighted by Gasteiger charge is 2.11. The van der Waals surface area contributed by atoms with Gasteiger partial charge >= 0.3 is 0 Å². The molecule has 0 spiro atoms. The Morgan fingerprint density at radius 2 is 2.17 bits per heavy atom. The molecule has 0 unspecified atom stereocenters. The largest absolute Gasteiger partial charge is 0.365 e. The summed E-state index contributed by atoms with van der Waals surface area (Å²) in [6, 6.07) is 6.52. The lowest BCUT2D eigenvalue weighted by atomic mass is 10.2. The molecule has 0 bridgehead atoms. The minimum Gasteiger partial charge on any atom is -0.365 e. The van der Waals surface area contributed by atoms with Crippen molar-refractivity contribution in [1.82, 2.24) is 4.98 Å². The van der Waals surface area contributed by atoms with Crippen molar-refractivity contribution in [3.63, 3.8) is 0 Å². The van der Waals surface area contributed by atoms with E-state index in [0.717, 1.165) is 11.3 Å². The second kappa shape index (κ2) is 5.16. The molecule has 0 aliphatic heterocycles.